The van der Waals surface area contributed by atoms with E-state index in [2.05, 4.69) is 10.4 Å². The predicted octanol–water partition coefficient (Wildman–Crippen LogP) is 3.73. The Balaban J connectivity index is 1.82. The molecule has 1 aliphatic rings. The monoisotopic (exact) mass is 341 g/mol. The summed E-state index contributed by atoms with van der Waals surface area (Å²) < 4.78 is 1.74. The topological polar surface area (TPSA) is 84.2 Å². The Hall–Kier alpha value is -2.63. The van der Waals surface area contributed by atoms with Crippen molar-refractivity contribution in [3.8, 4) is 0 Å². The maximum Gasteiger partial charge on any atom is 0.335 e. The minimum atomic E-state index is -0.998. The first-order valence-electron chi connectivity index (χ1n) is 8.64. The van der Waals surface area contributed by atoms with Crippen LogP contribution in [0.15, 0.2) is 24.4 Å². The van der Waals surface area contributed by atoms with Crippen LogP contribution in [0.4, 0.5) is 5.69 Å². The van der Waals surface area contributed by atoms with Gasteiger partial charge in [0.2, 0.25) is 0 Å². The van der Waals surface area contributed by atoms with Gasteiger partial charge in [-0.05, 0) is 43.5 Å². The average Bonchev–Trinajstić information content (AvgIpc) is 2.95. The molecule has 1 amide bonds. The van der Waals surface area contributed by atoms with Crippen molar-refractivity contribution in [3.05, 3.63) is 46.8 Å². The molecule has 2 N–H and O–H groups in total. The molecule has 0 radical (unpaired) electrons. The number of rotatable bonds is 4. The second-order valence-corrected chi connectivity index (χ2v) is 6.73. The molecule has 6 nitrogen and oxygen atoms in total. The number of hydrogen-bond acceptors (Lipinski definition) is 3. The maximum absolute atomic E-state index is 12.7. The van der Waals surface area contributed by atoms with Gasteiger partial charge in [-0.1, -0.05) is 19.3 Å². The van der Waals surface area contributed by atoms with Gasteiger partial charge in [-0.3, -0.25) is 9.48 Å². The Kier molecular flexibility index (Phi) is 4.88. The highest BCUT2D eigenvalue weighted by Gasteiger charge is 2.23. The highest BCUT2D eigenvalue weighted by atomic mass is 16.4. The number of carboxylic acids is 1. The van der Waals surface area contributed by atoms with Crippen molar-refractivity contribution in [1.82, 2.24) is 9.78 Å². The fourth-order valence-corrected chi connectivity index (χ4v) is 3.52. The van der Waals surface area contributed by atoms with E-state index in [0.717, 1.165) is 24.2 Å². The van der Waals surface area contributed by atoms with Gasteiger partial charge >= 0.3 is 5.97 Å². The normalized spacial score (nSPS) is 15.1. The molecule has 3 rings (SSSR count). The number of hydrogen-bond donors (Lipinski definition) is 2. The van der Waals surface area contributed by atoms with E-state index in [-0.39, 0.29) is 11.5 Å². The predicted molar refractivity (Wildman–Crippen MR) is 95.1 cm³/mol. The SMILES string of the molecule is Cc1cc(C(=O)O)ccc1C(=O)Nc1cn(C)nc1C1CCCCC1. The molecule has 0 unspecified atom stereocenters. The lowest BCUT2D eigenvalue weighted by atomic mass is 9.86. The van der Waals surface area contributed by atoms with E-state index in [0.29, 0.717) is 17.0 Å². The number of anilines is 1. The molecule has 0 bridgehead atoms. The van der Waals surface area contributed by atoms with Gasteiger partial charge in [-0.25, -0.2) is 4.79 Å². The number of carbonyl (C=O) groups excluding carboxylic acids is 1. The molecule has 1 heterocycles. The highest BCUT2D eigenvalue weighted by Crippen LogP contribution is 2.35. The van der Waals surface area contributed by atoms with Crippen molar-refractivity contribution < 1.29 is 14.7 Å². The van der Waals surface area contributed by atoms with Crippen LogP contribution in [-0.4, -0.2) is 26.8 Å². The molecule has 0 atom stereocenters. The van der Waals surface area contributed by atoms with Gasteiger partial charge in [-0.15, -0.1) is 0 Å². The maximum atomic E-state index is 12.7. The molecule has 6 heteroatoms. The molecule has 0 saturated heterocycles. The highest BCUT2D eigenvalue weighted by molar-refractivity contribution is 6.06. The van der Waals surface area contributed by atoms with E-state index in [1.807, 2.05) is 13.2 Å². The van der Waals surface area contributed by atoms with Crippen LogP contribution in [0.5, 0.6) is 0 Å². The van der Waals surface area contributed by atoms with Crippen molar-refractivity contribution in [1.29, 1.82) is 0 Å². The number of amides is 1. The van der Waals surface area contributed by atoms with Gasteiger partial charge < -0.3 is 10.4 Å². The second-order valence-electron chi connectivity index (χ2n) is 6.73. The smallest absolute Gasteiger partial charge is 0.335 e. The zero-order valence-electron chi connectivity index (χ0n) is 14.6. The fraction of sp³-hybridized carbons (Fsp3) is 0.421. The van der Waals surface area contributed by atoms with E-state index in [1.165, 1.54) is 31.4 Å². The zero-order chi connectivity index (χ0) is 18.0. The molecule has 2 aromatic rings. The summed E-state index contributed by atoms with van der Waals surface area (Å²) in [4.78, 5) is 23.7. The summed E-state index contributed by atoms with van der Waals surface area (Å²) >= 11 is 0. The van der Waals surface area contributed by atoms with Gasteiger partial charge in [-0.2, -0.15) is 5.10 Å². The molecule has 1 aromatic carbocycles. The molecule has 1 saturated carbocycles. The van der Waals surface area contributed by atoms with Crippen LogP contribution in [0.25, 0.3) is 0 Å². The van der Waals surface area contributed by atoms with Crippen LogP contribution in [0.2, 0.25) is 0 Å². The van der Waals surface area contributed by atoms with Gasteiger partial charge in [0, 0.05) is 24.7 Å². The number of carbonyl (C=O) groups is 2. The summed E-state index contributed by atoms with van der Waals surface area (Å²) in [7, 11) is 1.86. The van der Waals surface area contributed by atoms with Crippen molar-refractivity contribution in [2.75, 3.05) is 5.32 Å². The lowest BCUT2D eigenvalue weighted by molar-refractivity contribution is 0.0696. The number of aryl methyl sites for hydroxylation is 2. The summed E-state index contributed by atoms with van der Waals surface area (Å²) in [5, 5.41) is 16.6. The zero-order valence-corrected chi connectivity index (χ0v) is 14.6. The van der Waals surface area contributed by atoms with E-state index in [4.69, 9.17) is 5.11 Å². The van der Waals surface area contributed by atoms with Crippen molar-refractivity contribution in [2.24, 2.45) is 7.05 Å². The largest absolute Gasteiger partial charge is 0.478 e. The van der Waals surface area contributed by atoms with E-state index < -0.39 is 5.97 Å². The first-order chi connectivity index (χ1) is 12.0. The molecule has 132 valence electrons. The number of nitrogens with one attached hydrogen (secondary N) is 1. The molecule has 0 spiro atoms. The van der Waals surface area contributed by atoms with Crippen LogP contribution in [0.1, 0.15) is 70.0 Å². The molecule has 1 fully saturated rings. The van der Waals surface area contributed by atoms with Gasteiger partial charge in [0.15, 0.2) is 0 Å². The summed E-state index contributed by atoms with van der Waals surface area (Å²) in [6, 6.07) is 4.53. The van der Waals surface area contributed by atoms with Crippen molar-refractivity contribution in [2.45, 2.75) is 44.9 Å². The van der Waals surface area contributed by atoms with Crippen LogP contribution in [0.3, 0.4) is 0 Å². The van der Waals surface area contributed by atoms with Gasteiger partial charge in [0.1, 0.15) is 0 Å². The minimum absolute atomic E-state index is 0.179. The summed E-state index contributed by atoms with van der Waals surface area (Å²) in [6.07, 6.45) is 7.70. The molecular formula is C19H23N3O3. The minimum Gasteiger partial charge on any atom is -0.478 e. The summed E-state index contributed by atoms with van der Waals surface area (Å²) in [5.74, 6) is -0.845. The number of benzene rings is 1. The van der Waals surface area contributed by atoms with Crippen LogP contribution >= 0.6 is 0 Å². The third-order valence-corrected chi connectivity index (χ3v) is 4.82. The second kappa shape index (κ2) is 7.09. The number of nitrogens with zero attached hydrogens (tertiary/aromatic N) is 2. The van der Waals surface area contributed by atoms with Crippen LogP contribution in [0, 0.1) is 6.92 Å². The quantitative estimate of drug-likeness (QED) is 0.887. The number of aromatic nitrogens is 2. The molecular weight excluding hydrogens is 318 g/mol. The Morgan fingerprint density at radius 1 is 1.24 bits per heavy atom. The first kappa shape index (κ1) is 17.2. The molecule has 1 aliphatic carbocycles. The fourth-order valence-electron chi connectivity index (χ4n) is 3.52. The van der Waals surface area contributed by atoms with Crippen molar-refractivity contribution >= 4 is 17.6 Å². The Bertz CT molecular complexity index is 804. The van der Waals surface area contributed by atoms with E-state index >= 15 is 0 Å². The molecule has 1 aromatic heterocycles. The van der Waals surface area contributed by atoms with E-state index in [9.17, 15) is 9.59 Å². The Morgan fingerprint density at radius 3 is 2.60 bits per heavy atom. The standard InChI is InChI=1S/C19H23N3O3/c1-12-10-14(19(24)25)8-9-15(12)18(23)20-16-11-22(2)21-17(16)13-6-4-3-5-7-13/h8-11,13H,3-7H2,1-2H3,(H,20,23)(H,24,25). The third kappa shape index (κ3) is 3.73. The lowest BCUT2D eigenvalue weighted by Gasteiger charge is -2.21. The first-order valence-corrected chi connectivity index (χ1v) is 8.64. The van der Waals surface area contributed by atoms with Crippen LogP contribution < -0.4 is 5.32 Å². The third-order valence-electron chi connectivity index (χ3n) is 4.82. The molecule has 0 aliphatic heterocycles. The Morgan fingerprint density at radius 2 is 1.96 bits per heavy atom. The summed E-state index contributed by atoms with van der Waals surface area (Å²) in [6.45, 7) is 1.74. The van der Waals surface area contributed by atoms with Gasteiger partial charge in [0.05, 0.1) is 16.9 Å². The number of aromatic carboxylic acids is 1. The Labute approximate surface area is 146 Å². The van der Waals surface area contributed by atoms with Gasteiger partial charge in [0.25, 0.3) is 5.91 Å². The van der Waals surface area contributed by atoms with E-state index in [1.54, 1.807) is 17.7 Å². The van der Waals surface area contributed by atoms with Crippen molar-refractivity contribution in [3.63, 3.8) is 0 Å². The van der Waals surface area contributed by atoms with Crippen LogP contribution in [-0.2, 0) is 7.05 Å². The number of carboxylic acid groups (broad SMARTS) is 1. The molecule has 25 heavy (non-hydrogen) atoms. The average molecular weight is 341 g/mol. The summed E-state index contributed by atoms with van der Waals surface area (Å²) in [5.41, 5.74) is 3.00. The lowest BCUT2D eigenvalue weighted by Crippen LogP contribution is -2.16.